The second-order valence-corrected chi connectivity index (χ2v) is 6.20. The van der Waals surface area contributed by atoms with E-state index in [0.717, 1.165) is 31.5 Å². The van der Waals surface area contributed by atoms with Crippen molar-refractivity contribution in [2.45, 2.75) is 19.8 Å². The molecule has 3 rings (SSSR count). The van der Waals surface area contributed by atoms with Crippen LogP contribution in [-0.4, -0.2) is 36.4 Å². The molecule has 0 spiro atoms. The molecule has 1 fully saturated rings. The third kappa shape index (κ3) is 4.38. The van der Waals surface area contributed by atoms with Crippen LogP contribution in [0.15, 0.2) is 48.5 Å². The Morgan fingerprint density at radius 3 is 2.60 bits per heavy atom. The van der Waals surface area contributed by atoms with Gasteiger partial charge in [-0.25, -0.2) is 0 Å². The molecule has 2 aromatic carbocycles. The van der Waals surface area contributed by atoms with Crippen LogP contribution in [0.25, 0.3) is 0 Å². The number of ether oxygens (including phenoxy) is 1. The highest BCUT2D eigenvalue weighted by Gasteiger charge is 2.22. The van der Waals surface area contributed by atoms with Crippen LogP contribution in [-0.2, 0) is 4.79 Å². The summed E-state index contributed by atoms with van der Waals surface area (Å²) in [7, 11) is 0. The van der Waals surface area contributed by atoms with Gasteiger partial charge in [0.2, 0.25) is 0 Å². The second-order valence-electron chi connectivity index (χ2n) is 6.20. The summed E-state index contributed by atoms with van der Waals surface area (Å²) in [6.07, 6.45) is 2.06. The summed E-state index contributed by atoms with van der Waals surface area (Å²) in [5, 5.41) is 2.79. The number of carbonyl (C=O) groups is 2. The van der Waals surface area contributed by atoms with E-state index in [2.05, 4.69) is 5.32 Å². The fourth-order valence-electron chi connectivity index (χ4n) is 2.91. The Morgan fingerprint density at radius 1 is 1.08 bits per heavy atom. The number of hydrogen-bond donors (Lipinski definition) is 1. The maximum absolute atomic E-state index is 12.6. The zero-order chi connectivity index (χ0) is 17.6. The van der Waals surface area contributed by atoms with Crippen LogP contribution in [0.4, 0.5) is 5.69 Å². The molecule has 0 aliphatic carbocycles. The summed E-state index contributed by atoms with van der Waals surface area (Å²) < 4.78 is 5.51. The van der Waals surface area contributed by atoms with Gasteiger partial charge in [-0.1, -0.05) is 24.3 Å². The number of anilines is 1. The maximum Gasteiger partial charge on any atom is 0.262 e. The van der Waals surface area contributed by atoms with E-state index >= 15 is 0 Å². The standard InChI is InChI=1S/C20H22N2O3/c1-15-7-6-8-16(13-15)25-14-19(23)21-18-10-3-2-9-17(18)20(24)22-11-4-5-12-22/h2-3,6-10,13H,4-5,11-12,14H2,1H3,(H,21,23). The molecule has 1 aliphatic heterocycles. The highest BCUT2D eigenvalue weighted by atomic mass is 16.5. The number of para-hydroxylation sites is 1. The molecule has 0 unspecified atom stereocenters. The fraction of sp³-hybridized carbons (Fsp3) is 0.300. The lowest BCUT2D eigenvalue weighted by Crippen LogP contribution is -2.29. The van der Waals surface area contributed by atoms with Crippen LogP contribution in [0.3, 0.4) is 0 Å². The molecule has 0 radical (unpaired) electrons. The van der Waals surface area contributed by atoms with Gasteiger partial charge in [-0.15, -0.1) is 0 Å². The maximum atomic E-state index is 12.6. The Labute approximate surface area is 147 Å². The number of hydrogen-bond acceptors (Lipinski definition) is 3. The predicted octanol–water partition coefficient (Wildman–Crippen LogP) is 3.25. The molecule has 1 aliphatic rings. The summed E-state index contributed by atoms with van der Waals surface area (Å²) in [6.45, 7) is 3.41. The van der Waals surface area contributed by atoms with Gasteiger partial charge in [0.25, 0.3) is 11.8 Å². The van der Waals surface area contributed by atoms with Crippen LogP contribution in [0, 0.1) is 6.92 Å². The molecule has 0 aromatic heterocycles. The van der Waals surface area contributed by atoms with Crippen molar-refractivity contribution in [1.82, 2.24) is 4.90 Å². The van der Waals surface area contributed by atoms with E-state index in [-0.39, 0.29) is 18.4 Å². The molecule has 0 atom stereocenters. The molecule has 130 valence electrons. The average molecular weight is 338 g/mol. The summed E-state index contributed by atoms with van der Waals surface area (Å²) in [6, 6.07) is 14.6. The molecule has 1 N–H and O–H groups in total. The quantitative estimate of drug-likeness (QED) is 0.910. The molecule has 1 heterocycles. The van der Waals surface area contributed by atoms with E-state index in [1.807, 2.05) is 42.2 Å². The van der Waals surface area contributed by atoms with Crippen molar-refractivity contribution in [2.24, 2.45) is 0 Å². The van der Waals surface area contributed by atoms with Gasteiger partial charge in [0.15, 0.2) is 6.61 Å². The third-order valence-electron chi connectivity index (χ3n) is 4.18. The molecular weight excluding hydrogens is 316 g/mol. The van der Waals surface area contributed by atoms with Gasteiger partial charge in [0.1, 0.15) is 5.75 Å². The first kappa shape index (κ1) is 17.0. The van der Waals surface area contributed by atoms with Crippen molar-refractivity contribution in [2.75, 3.05) is 25.0 Å². The van der Waals surface area contributed by atoms with Crippen LogP contribution >= 0.6 is 0 Å². The number of aryl methyl sites for hydroxylation is 1. The number of nitrogens with one attached hydrogen (secondary N) is 1. The van der Waals surface area contributed by atoms with E-state index < -0.39 is 0 Å². The number of nitrogens with zero attached hydrogens (tertiary/aromatic N) is 1. The van der Waals surface area contributed by atoms with Crippen LogP contribution in [0.5, 0.6) is 5.75 Å². The molecule has 5 nitrogen and oxygen atoms in total. The topological polar surface area (TPSA) is 58.6 Å². The predicted molar refractivity (Wildman–Crippen MR) is 96.9 cm³/mol. The van der Waals surface area contributed by atoms with Crippen molar-refractivity contribution in [3.63, 3.8) is 0 Å². The van der Waals surface area contributed by atoms with Crippen molar-refractivity contribution in [3.8, 4) is 5.75 Å². The fourth-order valence-corrected chi connectivity index (χ4v) is 2.91. The monoisotopic (exact) mass is 338 g/mol. The normalized spacial score (nSPS) is 13.6. The third-order valence-corrected chi connectivity index (χ3v) is 4.18. The zero-order valence-corrected chi connectivity index (χ0v) is 14.3. The van der Waals surface area contributed by atoms with Crippen molar-refractivity contribution < 1.29 is 14.3 Å². The van der Waals surface area contributed by atoms with E-state index in [9.17, 15) is 9.59 Å². The van der Waals surface area contributed by atoms with Gasteiger partial charge < -0.3 is 15.0 Å². The first-order valence-corrected chi connectivity index (χ1v) is 8.51. The minimum absolute atomic E-state index is 0.0343. The minimum Gasteiger partial charge on any atom is -0.484 e. The molecule has 5 heteroatoms. The Balaban J connectivity index is 1.64. The molecule has 2 amide bonds. The van der Waals surface area contributed by atoms with Crippen LogP contribution in [0.1, 0.15) is 28.8 Å². The lowest BCUT2D eigenvalue weighted by Gasteiger charge is -2.18. The largest absolute Gasteiger partial charge is 0.484 e. The number of carbonyl (C=O) groups excluding carboxylic acids is 2. The summed E-state index contributed by atoms with van der Waals surface area (Å²) in [5.74, 6) is 0.327. The molecule has 0 bridgehead atoms. The molecular formula is C20H22N2O3. The molecule has 25 heavy (non-hydrogen) atoms. The molecule has 1 saturated heterocycles. The van der Waals surface area contributed by atoms with Gasteiger partial charge in [0.05, 0.1) is 11.3 Å². The Morgan fingerprint density at radius 2 is 1.84 bits per heavy atom. The second kappa shape index (κ2) is 7.83. The Kier molecular flexibility index (Phi) is 5.33. The Bertz CT molecular complexity index is 767. The highest BCUT2D eigenvalue weighted by molar-refractivity contribution is 6.04. The van der Waals surface area contributed by atoms with Crippen molar-refractivity contribution in [1.29, 1.82) is 0 Å². The van der Waals surface area contributed by atoms with Gasteiger partial charge in [0, 0.05) is 13.1 Å². The summed E-state index contributed by atoms with van der Waals surface area (Å²) in [5.41, 5.74) is 2.12. The van der Waals surface area contributed by atoms with Gasteiger partial charge in [-0.05, 0) is 49.6 Å². The molecule has 2 aromatic rings. The minimum atomic E-state index is -0.289. The first-order valence-electron chi connectivity index (χ1n) is 8.51. The number of rotatable bonds is 5. The van der Waals surface area contributed by atoms with E-state index in [1.54, 1.807) is 18.2 Å². The lowest BCUT2D eigenvalue weighted by atomic mass is 10.1. The molecule has 0 saturated carbocycles. The van der Waals surface area contributed by atoms with E-state index in [1.165, 1.54) is 0 Å². The average Bonchev–Trinajstić information content (AvgIpc) is 3.15. The van der Waals surface area contributed by atoms with Crippen molar-refractivity contribution >= 4 is 17.5 Å². The number of likely N-dealkylation sites (tertiary alicyclic amines) is 1. The van der Waals surface area contributed by atoms with E-state index in [0.29, 0.717) is 17.0 Å². The first-order chi connectivity index (χ1) is 12.1. The summed E-state index contributed by atoms with van der Waals surface area (Å²) in [4.78, 5) is 26.6. The highest BCUT2D eigenvalue weighted by Crippen LogP contribution is 2.20. The SMILES string of the molecule is Cc1cccc(OCC(=O)Nc2ccccc2C(=O)N2CCCC2)c1. The van der Waals surface area contributed by atoms with Crippen LogP contribution in [0.2, 0.25) is 0 Å². The smallest absolute Gasteiger partial charge is 0.262 e. The van der Waals surface area contributed by atoms with Gasteiger partial charge >= 0.3 is 0 Å². The summed E-state index contributed by atoms with van der Waals surface area (Å²) >= 11 is 0. The zero-order valence-electron chi connectivity index (χ0n) is 14.3. The van der Waals surface area contributed by atoms with E-state index in [4.69, 9.17) is 4.74 Å². The van der Waals surface area contributed by atoms with Gasteiger partial charge in [-0.2, -0.15) is 0 Å². The van der Waals surface area contributed by atoms with Crippen LogP contribution < -0.4 is 10.1 Å². The van der Waals surface area contributed by atoms with Crippen molar-refractivity contribution in [3.05, 3.63) is 59.7 Å². The number of benzene rings is 2. The lowest BCUT2D eigenvalue weighted by molar-refractivity contribution is -0.118. The Hall–Kier alpha value is -2.82. The van der Waals surface area contributed by atoms with Gasteiger partial charge in [-0.3, -0.25) is 9.59 Å². The number of amides is 2.